The van der Waals surface area contributed by atoms with Crippen molar-refractivity contribution in [3.8, 4) is 0 Å². The van der Waals surface area contributed by atoms with Crippen LogP contribution in [0.15, 0.2) is 0 Å². The number of hydrogen-bond donors (Lipinski definition) is 1. The third-order valence-electron chi connectivity index (χ3n) is 1.77. The number of hydrogen-bond acceptors (Lipinski definition) is 2. The van der Waals surface area contributed by atoms with Crippen LogP contribution in [-0.4, -0.2) is 42.4 Å². The van der Waals surface area contributed by atoms with Crippen molar-refractivity contribution in [1.82, 2.24) is 4.90 Å². The second-order valence-electron chi connectivity index (χ2n) is 3.19. The quantitative estimate of drug-likeness (QED) is 0.727. The van der Waals surface area contributed by atoms with Gasteiger partial charge in [-0.05, 0) is 13.5 Å². The Morgan fingerprint density at radius 3 is 2.31 bits per heavy atom. The van der Waals surface area contributed by atoms with Gasteiger partial charge in [0, 0.05) is 13.1 Å². The molecule has 1 atom stereocenters. The normalized spacial score (nSPS) is 15.0. The van der Waals surface area contributed by atoms with Gasteiger partial charge in [-0.15, -0.1) is 0 Å². The van der Waals surface area contributed by atoms with Crippen molar-refractivity contribution >= 4 is 0 Å². The van der Waals surface area contributed by atoms with Crippen LogP contribution in [0.2, 0.25) is 0 Å². The van der Waals surface area contributed by atoms with Crippen LogP contribution in [0.1, 0.15) is 19.8 Å². The minimum atomic E-state index is -4.11. The molecule has 2 nitrogen and oxygen atoms in total. The van der Waals surface area contributed by atoms with E-state index in [4.69, 9.17) is 5.11 Å². The fourth-order valence-corrected chi connectivity index (χ4v) is 0.898. The van der Waals surface area contributed by atoms with E-state index in [9.17, 15) is 13.2 Å². The first-order chi connectivity index (χ1) is 5.85. The van der Waals surface area contributed by atoms with Gasteiger partial charge in [0.05, 0.1) is 12.5 Å². The largest absolute Gasteiger partial charge is 0.392 e. The lowest BCUT2D eigenvalue weighted by Crippen LogP contribution is -2.31. The summed E-state index contributed by atoms with van der Waals surface area (Å²) in [6.45, 7) is 2.04. The van der Waals surface area contributed by atoms with Crippen molar-refractivity contribution in [2.75, 3.05) is 20.1 Å². The lowest BCUT2D eigenvalue weighted by Gasteiger charge is -2.20. The number of aliphatic hydroxyl groups is 1. The van der Waals surface area contributed by atoms with Gasteiger partial charge in [0.25, 0.3) is 0 Å². The Kier molecular flexibility index (Phi) is 5.32. The predicted molar refractivity (Wildman–Crippen MR) is 44.5 cm³/mol. The second kappa shape index (κ2) is 5.44. The van der Waals surface area contributed by atoms with Crippen LogP contribution >= 0.6 is 0 Å². The smallest absolute Gasteiger partial charge is 0.390 e. The third-order valence-corrected chi connectivity index (χ3v) is 1.77. The first kappa shape index (κ1) is 12.7. The molecule has 0 aliphatic heterocycles. The minimum absolute atomic E-state index is 0.0550. The van der Waals surface area contributed by atoms with E-state index in [2.05, 4.69) is 0 Å². The fraction of sp³-hybridized carbons (Fsp3) is 1.00. The lowest BCUT2D eigenvalue weighted by atomic mass is 10.2. The zero-order chi connectivity index (χ0) is 10.5. The average molecular weight is 199 g/mol. The SMILES string of the molecule is CCC(O)CN(C)CCC(F)(F)F. The number of nitrogens with zero attached hydrogens (tertiary/aromatic N) is 1. The summed E-state index contributed by atoms with van der Waals surface area (Å²) in [6.07, 6.45) is -4.89. The molecule has 0 radical (unpaired) electrons. The molecular formula is C8H16F3NO. The zero-order valence-electron chi connectivity index (χ0n) is 7.93. The summed E-state index contributed by atoms with van der Waals surface area (Å²) in [5.74, 6) is 0. The molecule has 0 spiro atoms. The van der Waals surface area contributed by atoms with Gasteiger partial charge < -0.3 is 10.0 Å². The van der Waals surface area contributed by atoms with E-state index in [0.717, 1.165) is 0 Å². The summed E-state index contributed by atoms with van der Waals surface area (Å²) in [4.78, 5) is 1.49. The number of rotatable bonds is 5. The molecule has 13 heavy (non-hydrogen) atoms. The first-order valence-electron chi connectivity index (χ1n) is 4.28. The van der Waals surface area contributed by atoms with Gasteiger partial charge in [-0.25, -0.2) is 0 Å². The second-order valence-corrected chi connectivity index (χ2v) is 3.19. The maximum Gasteiger partial charge on any atom is 0.390 e. The highest BCUT2D eigenvalue weighted by molar-refractivity contribution is 4.61. The van der Waals surface area contributed by atoms with E-state index in [1.807, 2.05) is 0 Å². The minimum Gasteiger partial charge on any atom is -0.392 e. The molecule has 0 fully saturated rings. The fourth-order valence-electron chi connectivity index (χ4n) is 0.898. The Morgan fingerprint density at radius 1 is 1.38 bits per heavy atom. The van der Waals surface area contributed by atoms with Crippen molar-refractivity contribution in [2.45, 2.75) is 32.0 Å². The Bertz CT molecular complexity index is 138. The highest BCUT2D eigenvalue weighted by Crippen LogP contribution is 2.19. The molecule has 0 aromatic carbocycles. The first-order valence-corrected chi connectivity index (χ1v) is 4.28. The van der Waals surface area contributed by atoms with E-state index in [1.165, 1.54) is 4.90 Å². The summed E-state index contributed by atoms with van der Waals surface area (Å²) in [7, 11) is 1.57. The molecule has 0 saturated heterocycles. The zero-order valence-corrected chi connectivity index (χ0v) is 7.93. The molecule has 1 unspecified atom stereocenters. The summed E-state index contributed by atoms with van der Waals surface area (Å²) in [6, 6.07) is 0. The van der Waals surface area contributed by atoms with Gasteiger partial charge in [-0.1, -0.05) is 6.92 Å². The molecule has 0 aromatic rings. The Morgan fingerprint density at radius 2 is 1.92 bits per heavy atom. The summed E-state index contributed by atoms with van der Waals surface area (Å²) in [5, 5.41) is 9.13. The highest BCUT2D eigenvalue weighted by Gasteiger charge is 2.27. The molecule has 0 aromatic heterocycles. The molecule has 0 aliphatic rings. The van der Waals surface area contributed by atoms with Crippen molar-refractivity contribution in [3.05, 3.63) is 0 Å². The van der Waals surface area contributed by atoms with Crippen LogP contribution in [0.3, 0.4) is 0 Å². The topological polar surface area (TPSA) is 23.5 Å². The van der Waals surface area contributed by atoms with Crippen molar-refractivity contribution in [3.63, 3.8) is 0 Å². The molecule has 1 N–H and O–H groups in total. The lowest BCUT2D eigenvalue weighted by molar-refractivity contribution is -0.137. The van der Waals surface area contributed by atoms with Gasteiger partial charge >= 0.3 is 6.18 Å². The third kappa shape index (κ3) is 8.05. The van der Waals surface area contributed by atoms with Crippen LogP contribution in [0, 0.1) is 0 Å². The van der Waals surface area contributed by atoms with Gasteiger partial charge in [0.2, 0.25) is 0 Å². The summed E-state index contributed by atoms with van der Waals surface area (Å²) < 4.78 is 35.2. The monoisotopic (exact) mass is 199 g/mol. The van der Waals surface area contributed by atoms with Crippen LogP contribution < -0.4 is 0 Å². The number of halogens is 3. The van der Waals surface area contributed by atoms with Gasteiger partial charge in [-0.2, -0.15) is 13.2 Å². The number of alkyl halides is 3. The predicted octanol–water partition coefficient (Wildman–Crippen LogP) is 1.64. The van der Waals surface area contributed by atoms with Crippen molar-refractivity contribution in [1.29, 1.82) is 0 Å². The van der Waals surface area contributed by atoms with E-state index in [0.29, 0.717) is 13.0 Å². The molecule has 80 valence electrons. The van der Waals surface area contributed by atoms with Crippen LogP contribution in [0.25, 0.3) is 0 Å². The Hall–Kier alpha value is -0.290. The molecule has 0 bridgehead atoms. The van der Waals surface area contributed by atoms with Crippen LogP contribution in [0.5, 0.6) is 0 Å². The molecule has 0 heterocycles. The van der Waals surface area contributed by atoms with E-state index in [1.54, 1.807) is 14.0 Å². The average Bonchev–Trinajstić information content (AvgIpc) is 1.99. The van der Waals surface area contributed by atoms with Gasteiger partial charge in [-0.3, -0.25) is 0 Å². The number of likely N-dealkylation sites (N-methyl/N-ethyl adjacent to an activating group) is 1. The molecule has 0 aliphatic carbocycles. The van der Waals surface area contributed by atoms with Gasteiger partial charge in [0.1, 0.15) is 0 Å². The maximum absolute atomic E-state index is 11.7. The Labute approximate surface area is 76.3 Å². The molecule has 5 heteroatoms. The van der Waals surface area contributed by atoms with Crippen molar-refractivity contribution in [2.24, 2.45) is 0 Å². The maximum atomic E-state index is 11.7. The molecule has 0 saturated carbocycles. The Balaban J connectivity index is 3.57. The van der Waals surface area contributed by atoms with E-state index >= 15 is 0 Å². The van der Waals surface area contributed by atoms with Crippen LogP contribution in [0.4, 0.5) is 13.2 Å². The molecular weight excluding hydrogens is 183 g/mol. The molecule has 0 amide bonds. The van der Waals surface area contributed by atoms with E-state index < -0.39 is 18.7 Å². The summed E-state index contributed by atoms with van der Waals surface area (Å²) >= 11 is 0. The highest BCUT2D eigenvalue weighted by atomic mass is 19.4. The summed E-state index contributed by atoms with van der Waals surface area (Å²) in [5.41, 5.74) is 0. The van der Waals surface area contributed by atoms with Crippen molar-refractivity contribution < 1.29 is 18.3 Å². The van der Waals surface area contributed by atoms with Gasteiger partial charge in [0.15, 0.2) is 0 Å². The molecule has 0 rings (SSSR count). The standard InChI is InChI=1S/C8H16F3NO/c1-3-7(13)6-12(2)5-4-8(9,10)11/h7,13H,3-6H2,1-2H3. The number of aliphatic hydroxyl groups excluding tert-OH is 1. The van der Waals surface area contributed by atoms with Crippen LogP contribution in [-0.2, 0) is 0 Å². The van der Waals surface area contributed by atoms with E-state index in [-0.39, 0.29) is 6.54 Å².